The van der Waals surface area contributed by atoms with Crippen LogP contribution < -0.4 is 0 Å². The fraction of sp³-hybridized carbons (Fsp3) is 0.333. The van der Waals surface area contributed by atoms with Crippen molar-refractivity contribution >= 4 is 29.1 Å². The number of aromatic nitrogens is 3. The van der Waals surface area contributed by atoms with Crippen LogP contribution in [0.5, 0.6) is 0 Å². The summed E-state index contributed by atoms with van der Waals surface area (Å²) < 4.78 is 0.802. The maximum atomic E-state index is 10.6. The van der Waals surface area contributed by atoms with Crippen LogP contribution in [0.1, 0.15) is 24.1 Å². The molecule has 0 fully saturated rings. The zero-order valence-corrected chi connectivity index (χ0v) is 12.2. The van der Waals surface area contributed by atoms with Crippen LogP contribution in [0, 0.1) is 6.92 Å². The summed E-state index contributed by atoms with van der Waals surface area (Å²) in [5, 5.41) is 11.3. The standard InChI is InChI=1S/C12H13N3O2S2/c1-3-8-4-10(14-7(2)13-8)19-12-15-9(6-18-12)5-11(16)17/h4,6H,3,5H2,1-2H3,(H,16,17). The van der Waals surface area contributed by atoms with Gasteiger partial charge in [-0.3, -0.25) is 4.79 Å². The molecule has 0 aliphatic carbocycles. The molecule has 0 radical (unpaired) electrons. The van der Waals surface area contributed by atoms with Crippen molar-refractivity contribution in [2.75, 3.05) is 0 Å². The molecule has 0 atom stereocenters. The van der Waals surface area contributed by atoms with Gasteiger partial charge < -0.3 is 5.11 Å². The molecule has 0 unspecified atom stereocenters. The first kappa shape index (κ1) is 14.0. The Bertz CT molecular complexity index is 598. The molecule has 19 heavy (non-hydrogen) atoms. The van der Waals surface area contributed by atoms with E-state index < -0.39 is 5.97 Å². The van der Waals surface area contributed by atoms with E-state index in [9.17, 15) is 4.79 Å². The molecule has 100 valence electrons. The van der Waals surface area contributed by atoms with E-state index in [0.717, 1.165) is 27.3 Å². The number of hydrogen-bond donors (Lipinski definition) is 1. The summed E-state index contributed by atoms with van der Waals surface area (Å²) in [6, 6.07) is 1.94. The third-order valence-corrected chi connectivity index (χ3v) is 4.19. The van der Waals surface area contributed by atoms with E-state index >= 15 is 0 Å². The van der Waals surface area contributed by atoms with E-state index in [0.29, 0.717) is 5.69 Å². The number of rotatable bonds is 5. The van der Waals surface area contributed by atoms with Gasteiger partial charge in [-0.05, 0) is 31.2 Å². The van der Waals surface area contributed by atoms with Gasteiger partial charge >= 0.3 is 5.97 Å². The highest BCUT2D eigenvalue weighted by Crippen LogP contribution is 2.29. The van der Waals surface area contributed by atoms with E-state index in [2.05, 4.69) is 15.0 Å². The average Bonchev–Trinajstić information content (AvgIpc) is 2.74. The fourth-order valence-corrected chi connectivity index (χ4v) is 3.34. The number of carboxylic acid groups (broad SMARTS) is 1. The number of carboxylic acids is 1. The Hall–Kier alpha value is -1.47. The number of aryl methyl sites for hydroxylation is 2. The van der Waals surface area contributed by atoms with Crippen molar-refractivity contribution in [3.8, 4) is 0 Å². The zero-order valence-electron chi connectivity index (χ0n) is 10.6. The number of aliphatic carboxylic acids is 1. The van der Waals surface area contributed by atoms with E-state index in [1.54, 1.807) is 5.38 Å². The predicted octanol–water partition coefficient (Wildman–Crippen LogP) is 2.58. The Kier molecular flexibility index (Phi) is 4.49. The molecule has 2 heterocycles. The molecular formula is C12H13N3O2S2. The lowest BCUT2D eigenvalue weighted by atomic mass is 10.3. The summed E-state index contributed by atoms with van der Waals surface area (Å²) in [5.74, 6) is -0.128. The fourth-order valence-electron chi connectivity index (χ4n) is 1.49. The number of nitrogens with zero attached hydrogens (tertiary/aromatic N) is 3. The molecule has 2 aromatic rings. The van der Waals surface area contributed by atoms with Gasteiger partial charge in [-0.25, -0.2) is 15.0 Å². The molecule has 0 bridgehead atoms. The molecular weight excluding hydrogens is 282 g/mol. The van der Waals surface area contributed by atoms with E-state index in [1.165, 1.54) is 23.1 Å². The second-order valence-electron chi connectivity index (χ2n) is 3.88. The Morgan fingerprint density at radius 2 is 2.16 bits per heavy atom. The summed E-state index contributed by atoms with van der Waals surface area (Å²) >= 11 is 2.88. The third kappa shape index (κ3) is 4.00. The monoisotopic (exact) mass is 295 g/mol. The SMILES string of the molecule is CCc1cc(Sc2nc(CC(=O)O)cs2)nc(C)n1. The van der Waals surface area contributed by atoms with Crippen molar-refractivity contribution in [1.82, 2.24) is 15.0 Å². The highest BCUT2D eigenvalue weighted by atomic mass is 32.2. The lowest BCUT2D eigenvalue weighted by Crippen LogP contribution is -1.99. The Morgan fingerprint density at radius 1 is 1.37 bits per heavy atom. The molecule has 5 nitrogen and oxygen atoms in total. The molecule has 2 rings (SSSR count). The van der Waals surface area contributed by atoms with Crippen LogP contribution in [0.15, 0.2) is 20.8 Å². The molecule has 0 aliphatic rings. The van der Waals surface area contributed by atoms with Gasteiger partial charge in [0.1, 0.15) is 10.9 Å². The van der Waals surface area contributed by atoms with Crippen LogP contribution in [0.3, 0.4) is 0 Å². The largest absolute Gasteiger partial charge is 0.481 e. The van der Waals surface area contributed by atoms with Gasteiger partial charge in [-0.15, -0.1) is 11.3 Å². The second-order valence-corrected chi connectivity index (χ2v) is 6.00. The van der Waals surface area contributed by atoms with Crippen molar-refractivity contribution in [2.24, 2.45) is 0 Å². The number of carbonyl (C=O) groups is 1. The summed E-state index contributed by atoms with van der Waals surface area (Å²) in [6.45, 7) is 3.91. The van der Waals surface area contributed by atoms with E-state index in [1.807, 2.05) is 19.9 Å². The summed E-state index contributed by atoms with van der Waals surface area (Å²) in [5.41, 5.74) is 1.58. The van der Waals surface area contributed by atoms with Crippen molar-refractivity contribution < 1.29 is 9.90 Å². The van der Waals surface area contributed by atoms with Crippen LogP contribution in [0.25, 0.3) is 0 Å². The predicted molar refractivity (Wildman–Crippen MR) is 73.7 cm³/mol. The van der Waals surface area contributed by atoms with Gasteiger partial charge in [0.05, 0.1) is 12.1 Å². The number of thiazole rings is 1. The Morgan fingerprint density at radius 3 is 2.84 bits per heavy atom. The van der Waals surface area contributed by atoms with E-state index in [4.69, 9.17) is 5.11 Å². The molecule has 1 N–H and O–H groups in total. The van der Waals surface area contributed by atoms with Crippen LogP contribution >= 0.6 is 23.1 Å². The summed E-state index contributed by atoms with van der Waals surface area (Å²) in [6.07, 6.45) is 0.819. The van der Waals surface area contributed by atoms with Crippen LogP contribution in [-0.4, -0.2) is 26.0 Å². The highest BCUT2D eigenvalue weighted by molar-refractivity contribution is 8.01. The van der Waals surface area contributed by atoms with Crippen molar-refractivity contribution in [3.05, 3.63) is 28.7 Å². The average molecular weight is 295 g/mol. The second kappa shape index (κ2) is 6.12. The van der Waals surface area contributed by atoms with Gasteiger partial charge in [-0.1, -0.05) is 6.92 Å². The molecule has 7 heteroatoms. The van der Waals surface area contributed by atoms with Gasteiger partial charge in [0.2, 0.25) is 0 Å². The molecule has 2 aromatic heterocycles. The van der Waals surface area contributed by atoms with Gasteiger partial charge in [-0.2, -0.15) is 0 Å². The summed E-state index contributed by atoms with van der Waals surface area (Å²) in [4.78, 5) is 23.5. The molecule has 0 saturated carbocycles. The molecule has 0 saturated heterocycles. The molecule has 0 spiro atoms. The minimum atomic E-state index is -0.868. The third-order valence-electron chi connectivity index (χ3n) is 2.28. The normalized spacial score (nSPS) is 10.6. The van der Waals surface area contributed by atoms with Crippen LogP contribution in [0.2, 0.25) is 0 Å². The molecule has 0 aliphatic heterocycles. The van der Waals surface area contributed by atoms with Gasteiger partial charge in [0, 0.05) is 11.1 Å². The highest BCUT2D eigenvalue weighted by Gasteiger charge is 2.09. The van der Waals surface area contributed by atoms with Gasteiger partial charge in [0.25, 0.3) is 0 Å². The summed E-state index contributed by atoms with van der Waals surface area (Å²) in [7, 11) is 0. The lowest BCUT2D eigenvalue weighted by molar-refractivity contribution is -0.136. The Labute approximate surface area is 119 Å². The van der Waals surface area contributed by atoms with Crippen molar-refractivity contribution in [3.63, 3.8) is 0 Å². The zero-order chi connectivity index (χ0) is 13.8. The first-order valence-electron chi connectivity index (χ1n) is 5.75. The minimum absolute atomic E-state index is 0.0416. The van der Waals surface area contributed by atoms with Crippen LogP contribution in [0.4, 0.5) is 0 Å². The lowest BCUT2D eigenvalue weighted by Gasteiger charge is -2.02. The molecule has 0 aromatic carbocycles. The first-order chi connectivity index (χ1) is 9.06. The first-order valence-corrected chi connectivity index (χ1v) is 7.45. The van der Waals surface area contributed by atoms with Gasteiger partial charge in [0.15, 0.2) is 4.34 Å². The topological polar surface area (TPSA) is 76.0 Å². The van der Waals surface area contributed by atoms with Crippen LogP contribution in [-0.2, 0) is 17.6 Å². The van der Waals surface area contributed by atoms with Crippen molar-refractivity contribution in [2.45, 2.75) is 36.1 Å². The minimum Gasteiger partial charge on any atom is -0.481 e. The smallest absolute Gasteiger partial charge is 0.309 e. The Balaban J connectivity index is 2.14. The van der Waals surface area contributed by atoms with Crippen molar-refractivity contribution in [1.29, 1.82) is 0 Å². The molecule has 0 amide bonds. The van der Waals surface area contributed by atoms with E-state index in [-0.39, 0.29) is 6.42 Å². The quantitative estimate of drug-likeness (QED) is 0.854. The maximum absolute atomic E-state index is 10.6. The maximum Gasteiger partial charge on any atom is 0.309 e. The number of hydrogen-bond acceptors (Lipinski definition) is 6.